The first-order chi connectivity index (χ1) is 8.36. The Labute approximate surface area is 128 Å². The Kier molecular flexibility index (Phi) is 13.3. The molecule has 116 valence electrons. The van der Waals surface area contributed by atoms with E-state index >= 15 is 0 Å². The highest BCUT2D eigenvalue weighted by molar-refractivity contribution is 7.98. The molecule has 0 aromatic carbocycles. The average molecular weight is 312 g/mol. The molecular weight excluding hydrogens is 282 g/mol. The molecule has 0 spiro atoms. The lowest BCUT2D eigenvalue weighted by molar-refractivity contribution is -0.123. The van der Waals surface area contributed by atoms with Gasteiger partial charge in [-0.05, 0) is 44.9 Å². The average Bonchev–Trinajstić information content (AvgIpc) is 2.23. The van der Waals surface area contributed by atoms with E-state index in [0.29, 0.717) is 5.92 Å². The summed E-state index contributed by atoms with van der Waals surface area (Å²) in [6.07, 6.45) is 3.75. The first kappa shape index (κ1) is 21.3. The van der Waals surface area contributed by atoms with Gasteiger partial charge in [-0.15, -0.1) is 12.4 Å². The molecule has 4 nitrogen and oxygen atoms in total. The van der Waals surface area contributed by atoms with E-state index in [1.165, 1.54) is 0 Å². The number of halogens is 1. The van der Waals surface area contributed by atoms with Gasteiger partial charge in [0.2, 0.25) is 5.91 Å². The Morgan fingerprint density at radius 1 is 1.37 bits per heavy atom. The van der Waals surface area contributed by atoms with E-state index in [1.54, 1.807) is 11.8 Å². The van der Waals surface area contributed by atoms with Crippen molar-refractivity contribution in [3.8, 4) is 0 Å². The van der Waals surface area contributed by atoms with E-state index in [1.807, 2.05) is 20.4 Å². The molecule has 0 heterocycles. The zero-order chi connectivity index (χ0) is 14.1. The Balaban J connectivity index is 0. The second kappa shape index (κ2) is 11.8. The summed E-state index contributed by atoms with van der Waals surface area (Å²) in [6.45, 7) is 5.20. The Hall–Kier alpha value is 0.0300. The molecule has 1 unspecified atom stereocenters. The van der Waals surface area contributed by atoms with Gasteiger partial charge in [0.25, 0.3) is 0 Å². The van der Waals surface area contributed by atoms with Crippen molar-refractivity contribution in [2.24, 2.45) is 11.7 Å². The standard InChI is InChI=1S/C13H29N3OS.ClH/c1-10(2)8-11(9-16(3)4)15-13(17)12(14)6-7-18-5;/h10-12H,6-9,14H2,1-5H3,(H,15,17);1H/t11?,12-;/m0./s1. The van der Waals surface area contributed by atoms with Gasteiger partial charge in [0, 0.05) is 12.6 Å². The van der Waals surface area contributed by atoms with Crippen LogP contribution in [-0.4, -0.2) is 55.5 Å². The number of carbonyl (C=O) groups excluding carboxylic acids is 1. The highest BCUT2D eigenvalue weighted by Crippen LogP contribution is 2.06. The Bertz CT molecular complexity index is 230. The topological polar surface area (TPSA) is 58.4 Å². The third-order valence-corrected chi connectivity index (χ3v) is 3.30. The van der Waals surface area contributed by atoms with Crippen molar-refractivity contribution in [1.82, 2.24) is 10.2 Å². The number of hydrogen-bond acceptors (Lipinski definition) is 4. The van der Waals surface area contributed by atoms with Crippen molar-refractivity contribution >= 4 is 30.1 Å². The molecule has 0 aromatic heterocycles. The molecule has 1 amide bonds. The molecule has 0 fully saturated rings. The van der Waals surface area contributed by atoms with Crippen molar-refractivity contribution in [2.45, 2.75) is 38.8 Å². The molecule has 0 aliphatic carbocycles. The molecule has 0 saturated heterocycles. The van der Waals surface area contributed by atoms with E-state index in [-0.39, 0.29) is 30.4 Å². The van der Waals surface area contributed by atoms with E-state index < -0.39 is 0 Å². The van der Waals surface area contributed by atoms with Crippen LogP contribution in [0.2, 0.25) is 0 Å². The van der Waals surface area contributed by atoms with Crippen LogP contribution in [-0.2, 0) is 4.79 Å². The fourth-order valence-electron chi connectivity index (χ4n) is 1.87. The number of thioether (sulfide) groups is 1. The van der Waals surface area contributed by atoms with E-state index in [4.69, 9.17) is 5.73 Å². The van der Waals surface area contributed by atoms with Gasteiger partial charge in [0.1, 0.15) is 0 Å². The highest BCUT2D eigenvalue weighted by Gasteiger charge is 2.19. The zero-order valence-electron chi connectivity index (χ0n) is 12.8. The van der Waals surface area contributed by atoms with E-state index in [0.717, 1.165) is 25.1 Å². The van der Waals surface area contributed by atoms with Crippen LogP contribution in [0.15, 0.2) is 0 Å². The molecule has 0 aliphatic rings. The summed E-state index contributed by atoms with van der Waals surface area (Å²) in [5.41, 5.74) is 5.87. The van der Waals surface area contributed by atoms with Crippen LogP contribution in [0.1, 0.15) is 26.7 Å². The number of nitrogens with one attached hydrogen (secondary N) is 1. The largest absolute Gasteiger partial charge is 0.351 e. The van der Waals surface area contributed by atoms with Gasteiger partial charge in [-0.3, -0.25) is 4.79 Å². The van der Waals surface area contributed by atoms with Crippen LogP contribution in [0.5, 0.6) is 0 Å². The first-order valence-electron chi connectivity index (χ1n) is 6.56. The molecule has 0 bridgehead atoms. The number of likely N-dealkylation sites (N-methyl/N-ethyl adjacent to an activating group) is 1. The van der Waals surface area contributed by atoms with Crippen LogP contribution < -0.4 is 11.1 Å². The van der Waals surface area contributed by atoms with Crippen LogP contribution in [0.4, 0.5) is 0 Å². The lowest BCUT2D eigenvalue weighted by Gasteiger charge is -2.25. The summed E-state index contributed by atoms with van der Waals surface area (Å²) >= 11 is 1.72. The smallest absolute Gasteiger partial charge is 0.237 e. The van der Waals surface area contributed by atoms with Gasteiger partial charge >= 0.3 is 0 Å². The lowest BCUT2D eigenvalue weighted by atomic mass is 10.0. The van der Waals surface area contributed by atoms with Crippen LogP contribution in [0.25, 0.3) is 0 Å². The zero-order valence-corrected chi connectivity index (χ0v) is 14.4. The predicted octanol–water partition coefficient (Wildman–Crippen LogP) is 1.58. The molecule has 6 heteroatoms. The minimum absolute atomic E-state index is 0. The second-order valence-electron chi connectivity index (χ2n) is 5.49. The van der Waals surface area contributed by atoms with Gasteiger partial charge in [-0.1, -0.05) is 13.8 Å². The number of hydrogen-bond donors (Lipinski definition) is 2. The minimum atomic E-state index is -0.380. The maximum atomic E-state index is 12.0. The van der Waals surface area contributed by atoms with Gasteiger partial charge in [0.15, 0.2) is 0 Å². The quantitative estimate of drug-likeness (QED) is 0.679. The molecular formula is C13H30ClN3OS. The summed E-state index contributed by atoms with van der Waals surface area (Å²) in [5.74, 6) is 1.48. The number of rotatable bonds is 9. The fraction of sp³-hybridized carbons (Fsp3) is 0.923. The van der Waals surface area contributed by atoms with E-state index in [2.05, 4.69) is 24.1 Å². The Morgan fingerprint density at radius 2 is 1.95 bits per heavy atom. The number of amides is 1. The van der Waals surface area contributed by atoms with Crippen molar-refractivity contribution in [1.29, 1.82) is 0 Å². The maximum absolute atomic E-state index is 12.0. The molecule has 2 atom stereocenters. The lowest BCUT2D eigenvalue weighted by Crippen LogP contribution is -2.49. The summed E-state index contributed by atoms with van der Waals surface area (Å²) in [7, 11) is 4.04. The Morgan fingerprint density at radius 3 is 2.37 bits per heavy atom. The van der Waals surface area contributed by atoms with Crippen molar-refractivity contribution in [2.75, 3.05) is 32.6 Å². The molecule has 19 heavy (non-hydrogen) atoms. The first-order valence-corrected chi connectivity index (χ1v) is 7.95. The SMILES string of the molecule is CSCC[C@H](N)C(=O)NC(CC(C)C)CN(C)C.Cl. The highest BCUT2D eigenvalue weighted by atomic mass is 35.5. The third kappa shape index (κ3) is 11.5. The molecule has 0 aliphatic heterocycles. The second-order valence-corrected chi connectivity index (χ2v) is 6.47. The molecule has 0 saturated carbocycles. The normalized spacial score (nSPS) is 14.1. The molecule has 3 N–H and O–H groups in total. The van der Waals surface area contributed by atoms with Crippen LogP contribution in [0.3, 0.4) is 0 Å². The minimum Gasteiger partial charge on any atom is -0.351 e. The molecule has 0 rings (SSSR count). The third-order valence-electron chi connectivity index (χ3n) is 2.66. The number of carbonyl (C=O) groups is 1. The van der Waals surface area contributed by atoms with Crippen LogP contribution >= 0.6 is 24.2 Å². The van der Waals surface area contributed by atoms with Crippen molar-refractivity contribution in [3.63, 3.8) is 0 Å². The molecule has 0 radical (unpaired) electrons. The molecule has 0 aromatic rings. The van der Waals surface area contributed by atoms with Gasteiger partial charge in [-0.25, -0.2) is 0 Å². The fourth-order valence-corrected chi connectivity index (χ4v) is 2.36. The van der Waals surface area contributed by atoms with Gasteiger partial charge in [-0.2, -0.15) is 11.8 Å². The summed E-state index contributed by atoms with van der Waals surface area (Å²) < 4.78 is 0. The maximum Gasteiger partial charge on any atom is 0.237 e. The summed E-state index contributed by atoms with van der Waals surface area (Å²) in [4.78, 5) is 14.1. The monoisotopic (exact) mass is 311 g/mol. The number of nitrogens with two attached hydrogens (primary N) is 1. The van der Waals surface area contributed by atoms with Crippen molar-refractivity contribution in [3.05, 3.63) is 0 Å². The number of nitrogens with zero attached hydrogens (tertiary/aromatic N) is 1. The van der Waals surface area contributed by atoms with Gasteiger partial charge < -0.3 is 16.0 Å². The van der Waals surface area contributed by atoms with Gasteiger partial charge in [0.05, 0.1) is 6.04 Å². The van der Waals surface area contributed by atoms with Crippen molar-refractivity contribution < 1.29 is 4.79 Å². The summed E-state index contributed by atoms with van der Waals surface area (Å²) in [6, 6.07) is -0.192. The summed E-state index contributed by atoms with van der Waals surface area (Å²) in [5, 5.41) is 3.07. The van der Waals surface area contributed by atoms with E-state index in [9.17, 15) is 4.79 Å². The van der Waals surface area contributed by atoms with Crippen LogP contribution in [0, 0.1) is 5.92 Å². The predicted molar refractivity (Wildman–Crippen MR) is 88.2 cm³/mol.